The molecule has 1 aliphatic rings. The maximum absolute atomic E-state index is 5.74. The summed E-state index contributed by atoms with van der Waals surface area (Å²) in [6, 6.07) is 0. The van der Waals surface area contributed by atoms with Gasteiger partial charge in [-0.2, -0.15) is 0 Å². The van der Waals surface area contributed by atoms with Gasteiger partial charge >= 0.3 is 0 Å². The van der Waals surface area contributed by atoms with Crippen molar-refractivity contribution < 1.29 is 0 Å². The maximum atomic E-state index is 5.74. The molecule has 0 aromatic rings. The summed E-state index contributed by atoms with van der Waals surface area (Å²) in [5, 5.41) is 0. The van der Waals surface area contributed by atoms with Crippen molar-refractivity contribution in [3.8, 4) is 0 Å². The third-order valence-electron chi connectivity index (χ3n) is 4.91. The second kappa shape index (κ2) is 12.4. The normalized spacial score (nSPS) is 20.4. The minimum Gasteiger partial charge on any atom is -0.329 e. The number of hydrogen-bond acceptors (Lipinski definition) is 3. The largest absolute Gasteiger partial charge is 0.329 e. The number of likely N-dealkylation sites (N-methyl/N-ethyl adjacent to an activating group) is 1. The molecule has 1 aliphatic heterocycles. The van der Waals surface area contributed by atoms with Gasteiger partial charge in [-0.25, -0.2) is 0 Å². The van der Waals surface area contributed by atoms with Gasteiger partial charge in [-0.1, -0.05) is 71.6 Å². The van der Waals surface area contributed by atoms with Crippen LogP contribution in [0.25, 0.3) is 0 Å². The molecule has 0 aromatic heterocycles. The number of nitrogens with zero attached hydrogens (tertiary/aromatic N) is 2. The molecule has 1 rings (SSSR count). The molecule has 1 saturated heterocycles. The summed E-state index contributed by atoms with van der Waals surface area (Å²) >= 11 is 0. The predicted molar refractivity (Wildman–Crippen MR) is 93.5 cm³/mol. The summed E-state index contributed by atoms with van der Waals surface area (Å²) in [6.07, 6.45) is 14.8. The molecule has 0 amide bonds. The van der Waals surface area contributed by atoms with Crippen LogP contribution < -0.4 is 5.73 Å². The summed E-state index contributed by atoms with van der Waals surface area (Å²) < 4.78 is 0. The number of nitrogens with two attached hydrogens (primary N) is 1. The molecular formula is C18H39N3. The SMILES string of the molecule is CCCCCCCCCCCC1N(CC)CCN1CCN. The number of hydrogen-bond donors (Lipinski definition) is 1. The monoisotopic (exact) mass is 297 g/mol. The Bertz CT molecular complexity index is 233. The molecule has 0 aliphatic carbocycles. The standard InChI is InChI=1S/C18H39N3/c1-3-5-6-7-8-9-10-11-12-13-18-20(4-2)16-17-21(18)15-14-19/h18H,3-17,19H2,1-2H3. The molecule has 0 aromatic carbocycles. The highest BCUT2D eigenvalue weighted by molar-refractivity contribution is 4.81. The van der Waals surface area contributed by atoms with E-state index < -0.39 is 0 Å². The zero-order chi connectivity index (χ0) is 15.3. The lowest BCUT2D eigenvalue weighted by Gasteiger charge is -2.29. The fourth-order valence-corrected chi connectivity index (χ4v) is 3.58. The molecule has 1 heterocycles. The highest BCUT2D eigenvalue weighted by atomic mass is 15.4. The van der Waals surface area contributed by atoms with E-state index in [0.717, 1.165) is 13.1 Å². The van der Waals surface area contributed by atoms with Crippen LogP contribution in [0.4, 0.5) is 0 Å². The Labute approximate surface area is 133 Å². The van der Waals surface area contributed by atoms with Crippen LogP contribution in [0, 0.1) is 0 Å². The number of unbranched alkanes of at least 4 members (excludes halogenated alkanes) is 8. The second-order valence-corrected chi connectivity index (χ2v) is 6.55. The average molecular weight is 298 g/mol. The summed E-state index contributed by atoms with van der Waals surface area (Å²) in [7, 11) is 0. The highest BCUT2D eigenvalue weighted by Crippen LogP contribution is 2.20. The summed E-state index contributed by atoms with van der Waals surface area (Å²) in [5.41, 5.74) is 5.74. The minimum absolute atomic E-state index is 0.670. The van der Waals surface area contributed by atoms with Gasteiger partial charge in [-0.3, -0.25) is 9.80 Å². The fraction of sp³-hybridized carbons (Fsp3) is 1.00. The van der Waals surface area contributed by atoms with Gasteiger partial charge in [0.25, 0.3) is 0 Å². The van der Waals surface area contributed by atoms with E-state index in [0.29, 0.717) is 6.17 Å². The quantitative estimate of drug-likeness (QED) is 0.524. The molecule has 0 bridgehead atoms. The molecule has 0 saturated carbocycles. The van der Waals surface area contributed by atoms with Crippen molar-refractivity contribution >= 4 is 0 Å². The molecule has 126 valence electrons. The van der Waals surface area contributed by atoms with Gasteiger partial charge < -0.3 is 5.73 Å². The van der Waals surface area contributed by atoms with Crippen molar-refractivity contribution in [2.24, 2.45) is 5.73 Å². The van der Waals surface area contributed by atoms with E-state index in [-0.39, 0.29) is 0 Å². The lowest BCUT2D eigenvalue weighted by molar-refractivity contribution is 0.131. The van der Waals surface area contributed by atoms with E-state index in [1.54, 1.807) is 0 Å². The van der Waals surface area contributed by atoms with E-state index in [1.807, 2.05) is 0 Å². The first-order valence-corrected chi connectivity index (χ1v) is 9.51. The fourth-order valence-electron chi connectivity index (χ4n) is 3.58. The topological polar surface area (TPSA) is 32.5 Å². The Morgan fingerprint density at radius 2 is 1.38 bits per heavy atom. The van der Waals surface area contributed by atoms with E-state index >= 15 is 0 Å². The summed E-state index contributed by atoms with van der Waals surface area (Å²) in [4.78, 5) is 5.22. The highest BCUT2D eigenvalue weighted by Gasteiger charge is 2.29. The van der Waals surface area contributed by atoms with Gasteiger partial charge in [-0.15, -0.1) is 0 Å². The van der Waals surface area contributed by atoms with Crippen LogP contribution in [0.1, 0.15) is 78.1 Å². The van der Waals surface area contributed by atoms with Crippen molar-refractivity contribution in [1.29, 1.82) is 0 Å². The molecule has 3 nitrogen and oxygen atoms in total. The van der Waals surface area contributed by atoms with Gasteiger partial charge in [0.05, 0.1) is 6.17 Å². The second-order valence-electron chi connectivity index (χ2n) is 6.55. The third kappa shape index (κ3) is 7.62. The van der Waals surface area contributed by atoms with Crippen LogP contribution in [0.2, 0.25) is 0 Å². The average Bonchev–Trinajstić information content (AvgIpc) is 2.88. The van der Waals surface area contributed by atoms with E-state index in [9.17, 15) is 0 Å². The number of rotatable bonds is 13. The Morgan fingerprint density at radius 3 is 1.95 bits per heavy atom. The molecule has 1 fully saturated rings. The molecule has 2 N–H and O–H groups in total. The molecular weight excluding hydrogens is 258 g/mol. The first kappa shape index (κ1) is 18.9. The van der Waals surface area contributed by atoms with E-state index in [1.165, 1.54) is 83.8 Å². The van der Waals surface area contributed by atoms with E-state index in [4.69, 9.17) is 5.73 Å². The first-order chi connectivity index (χ1) is 10.3. The van der Waals surface area contributed by atoms with Crippen molar-refractivity contribution in [3.05, 3.63) is 0 Å². The minimum atomic E-state index is 0.670. The van der Waals surface area contributed by atoms with E-state index in [2.05, 4.69) is 23.6 Å². The van der Waals surface area contributed by atoms with Crippen molar-refractivity contribution in [1.82, 2.24) is 9.80 Å². The van der Waals surface area contributed by atoms with Gasteiger partial charge in [0.1, 0.15) is 0 Å². The van der Waals surface area contributed by atoms with Crippen molar-refractivity contribution in [2.75, 3.05) is 32.7 Å². The van der Waals surface area contributed by atoms with Crippen LogP contribution >= 0.6 is 0 Å². The molecule has 3 heteroatoms. The smallest absolute Gasteiger partial charge is 0.0623 e. The van der Waals surface area contributed by atoms with Crippen LogP contribution in [0.5, 0.6) is 0 Å². The zero-order valence-electron chi connectivity index (χ0n) is 14.7. The Balaban J connectivity index is 2.04. The third-order valence-corrected chi connectivity index (χ3v) is 4.91. The van der Waals surface area contributed by atoms with Crippen molar-refractivity contribution in [2.45, 2.75) is 84.2 Å². The Morgan fingerprint density at radius 1 is 0.810 bits per heavy atom. The van der Waals surface area contributed by atoms with Crippen LogP contribution in [0.15, 0.2) is 0 Å². The first-order valence-electron chi connectivity index (χ1n) is 9.51. The molecule has 0 spiro atoms. The molecule has 0 radical (unpaired) electrons. The van der Waals surface area contributed by atoms with Crippen LogP contribution in [-0.4, -0.2) is 48.7 Å². The summed E-state index contributed by atoms with van der Waals surface area (Å²) in [5.74, 6) is 0. The Kier molecular flexibility index (Phi) is 11.2. The molecule has 1 atom stereocenters. The van der Waals surface area contributed by atoms with Crippen LogP contribution in [0.3, 0.4) is 0 Å². The van der Waals surface area contributed by atoms with Crippen LogP contribution in [-0.2, 0) is 0 Å². The molecule has 21 heavy (non-hydrogen) atoms. The van der Waals surface area contributed by atoms with Gasteiger partial charge in [0.15, 0.2) is 0 Å². The lowest BCUT2D eigenvalue weighted by atomic mass is 10.1. The van der Waals surface area contributed by atoms with Gasteiger partial charge in [0, 0.05) is 26.2 Å². The maximum Gasteiger partial charge on any atom is 0.0623 e. The Hall–Kier alpha value is -0.120. The predicted octanol–water partition coefficient (Wildman–Crippen LogP) is 3.83. The lowest BCUT2D eigenvalue weighted by Crippen LogP contribution is -2.40. The zero-order valence-corrected chi connectivity index (χ0v) is 14.7. The summed E-state index contributed by atoms with van der Waals surface area (Å²) in [6.45, 7) is 10.1. The van der Waals surface area contributed by atoms with Gasteiger partial charge in [-0.05, 0) is 13.0 Å². The molecule has 1 unspecified atom stereocenters. The van der Waals surface area contributed by atoms with Crippen molar-refractivity contribution in [3.63, 3.8) is 0 Å². The van der Waals surface area contributed by atoms with Gasteiger partial charge in [0.2, 0.25) is 0 Å².